The van der Waals surface area contributed by atoms with E-state index in [0.29, 0.717) is 0 Å². The third-order valence-corrected chi connectivity index (χ3v) is 14.0. The average molecular weight is 795 g/mol. The molecule has 0 N–H and O–H groups in total. The van der Waals surface area contributed by atoms with E-state index in [1.807, 2.05) is 0 Å². The molecule has 2 heteroatoms. The average Bonchev–Trinajstić information content (AvgIpc) is 3.68. The van der Waals surface area contributed by atoms with Crippen LogP contribution in [-0.4, -0.2) is 0 Å². The van der Waals surface area contributed by atoms with E-state index in [1.165, 1.54) is 76.8 Å². The number of rotatable bonds is 6. The molecule has 10 aromatic rings. The van der Waals surface area contributed by atoms with Gasteiger partial charge in [0.05, 0.1) is 0 Å². The van der Waals surface area contributed by atoms with Crippen LogP contribution in [0.15, 0.2) is 206 Å². The fourth-order valence-corrected chi connectivity index (χ4v) is 10.9. The summed E-state index contributed by atoms with van der Waals surface area (Å²) in [5.41, 5.74) is 17.6. The van der Waals surface area contributed by atoms with E-state index in [9.17, 15) is 0 Å². The minimum absolute atomic E-state index is 0.0390. The van der Waals surface area contributed by atoms with Gasteiger partial charge in [-0.3, -0.25) is 0 Å². The molecular weight excluding hydrogens is 749 g/mol. The van der Waals surface area contributed by atoms with Crippen LogP contribution in [0, 0.1) is 0 Å². The van der Waals surface area contributed by atoms with Crippen molar-refractivity contribution in [3.63, 3.8) is 0 Å². The Kier molecular flexibility index (Phi) is 7.96. The van der Waals surface area contributed by atoms with Crippen LogP contribution in [-0.2, 0) is 10.8 Å². The molecule has 0 fully saturated rings. The Morgan fingerprint density at radius 1 is 0.258 bits per heavy atom. The van der Waals surface area contributed by atoms with Crippen LogP contribution in [0.1, 0.15) is 49.9 Å². The van der Waals surface area contributed by atoms with Crippen molar-refractivity contribution in [3.8, 4) is 22.3 Å². The van der Waals surface area contributed by atoms with Gasteiger partial charge >= 0.3 is 0 Å². The Hall–Kier alpha value is -7.42. The molecule has 62 heavy (non-hydrogen) atoms. The number of hydrogen-bond acceptors (Lipinski definition) is 2. The van der Waals surface area contributed by atoms with Crippen LogP contribution in [0.4, 0.5) is 34.1 Å². The zero-order valence-corrected chi connectivity index (χ0v) is 35.5. The van der Waals surface area contributed by atoms with Gasteiger partial charge in [0.15, 0.2) is 0 Å². The number of fused-ring (bicyclic) bond motifs is 11. The summed E-state index contributed by atoms with van der Waals surface area (Å²) in [7, 11) is 0. The predicted octanol–water partition coefficient (Wildman–Crippen LogP) is 16.7. The lowest BCUT2D eigenvalue weighted by Gasteiger charge is -2.28. The van der Waals surface area contributed by atoms with E-state index in [0.717, 1.165) is 34.1 Å². The van der Waals surface area contributed by atoms with Crippen LogP contribution in [0.3, 0.4) is 0 Å². The maximum absolute atomic E-state index is 2.41. The molecule has 0 radical (unpaired) electrons. The summed E-state index contributed by atoms with van der Waals surface area (Å²) in [5.74, 6) is 0. The predicted molar refractivity (Wildman–Crippen MR) is 263 cm³/mol. The van der Waals surface area contributed by atoms with Crippen LogP contribution < -0.4 is 9.80 Å². The van der Waals surface area contributed by atoms with Crippen molar-refractivity contribution < 1.29 is 0 Å². The quantitative estimate of drug-likeness (QED) is 0.155. The Bertz CT molecular complexity index is 3410. The molecule has 0 aromatic heterocycles. The summed E-state index contributed by atoms with van der Waals surface area (Å²) in [6, 6.07) is 76.6. The lowest BCUT2D eigenvalue weighted by atomic mass is 9.82. The highest BCUT2D eigenvalue weighted by Crippen LogP contribution is 2.52. The second-order valence-electron chi connectivity index (χ2n) is 18.2. The zero-order chi connectivity index (χ0) is 41.7. The number of anilines is 6. The summed E-state index contributed by atoms with van der Waals surface area (Å²) in [5, 5.41) is 7.44. The van der Waals surface area contributed by atoms with Crippen molar-refractivity contribution in [2.45, 2.75) is 38.5 Å². The monoisotopic (exact) mass is 794 g/mol. The Labute approximate surface area is 364 Å². The van der Waals surface area contributed by atoms with Crippen molar-refractivity contribution >= 4 is 66.4 Å². The van der Waals surface area contributed by atoms with E-state index >= 15 is 0 Å². The first-order valence-electron chi connectivity index (χ1n) is 21.8. The van der Waals surface area contributed by atoms with Crippen molar-refractivity contribution in [2.24, 2.45) is 0 Å². The first kappa shape index (κ1) is 36.4. The van der Waals surface area contributed by atoms with Gasteiger partial charge in [0.2, 0.25) is 0 Å². The molecule has 0 bridgehead atoms. The first-order chi connectivity index (χ1) is 30.3. The molecule has 0 heterocycles. The molecule has 0 saturated heterocycles. The molecule has 0 atom stereocenters. The molecule has 0 saturated carbocycles. The molecule has 2 aliphatic carbocycles. The van der Waals surface area contributed by atoms with Gasteiger partial charge in [0, 0.05) is 45.0 Å². The van der Waals surface area contributed by atoms with Gasteiger partial charge < -0.3 is 9.80 Å². The Balaban J connectivity index is 0.979. The van der Waals surface area contributed by atoms with E-state index in [-0.39, 0.29) is 10.8 Å². The number of nitrogens with zero attached hydrogens (tertiary/aromatic N) is 2. The van der Waals surface area contributed by atoms with Gasteiger partial charge in [0.25, 0.3) is 0 Å². The molecule has 2 aliphatic rings. The second kappa shape index (κ2) is 13.5. The van der Waals surface area contributed by atoms with Crippen LogP contribution in [0.25, 0.3) is 54.6 Å². The number of hydrogen-bond donors (Lipinski definition) is 0. The molecule has 2 nitrogen and oxygen atoms in total. The Morgan fingerprint density at radius 2 is 0.645 bits per heavy atom. The lowest BCUT2D eigenvalue weighted by molar-refractivity contribution is 0.660. The highest BCUT2D eigenvalue weighted by molar-refractivity contribution is 6.18. The van der Waals surface area contributed by atoms with E-state index in [4.69, 9.17) is 0 Å². The fourth-order valence-electron chi connectivity index (χ4n) is 10.9. The summed E-state index contributed by atoms with van der Waals surface area (Å²) in [6.07, 6.45) is 0. The van der Waals surface area contributed by atoms with E-state index < -0.39 is 0 Å². The second-order valence-corrected chi connectivity index (χ2v) is 18.2. The number of benzene rings is 10. The van der Waals surface area contributed by atoms with E-state index in [1.54, 1.807) is 0 Å². The molecule has 296 valence electrons. The van der Waals surface area contributed by atoms with Gasteiger partial charge in [-0.05, 0) is 150 Å². The number of para-hydroxylation sites is 2. The minimum Gasteiger partial charge on any atom is -0.310 e. The summed E-state index contributed by atoms with van der Waals surface area (Å²) < 4.78 is 0. The van der Waals surface area contributed by atoms with E-state index in [2.05, 4.69) is 244 Å². The Morgan fingerprint density at radius 3 is 1.21 bits per heavy atom. The van der Waals surface area contributed by atoms with Gasteiger partial charge in [0.1, 0.15) is 0 Å². The van der Waals surface area contributed by atoms with Gasteiger partial charge in [-0.15, -0.1) is 0 Å². The fraction of sp³-hybridized carbons (Fsp3) is 0.100. The van der Waals surface area contributed by atoms with Crippen LogP contribution in [0.5, 0.6) is 0 Å². The van der Waals surface area contributed by atoms with Gasteiger partial charge in [-0.2, -0.15) is 0 Å². The molecule has 10 aromatic carbocycles. The highest BCUT2D eigenvalue weighted by Gasteiger charge is 2.37. The van der Waals surface area contributed by atoms with Crippen molar-refractivity contribution in [3.05, 3.63) is 229 Å². The van der Waals surface area contributed by atoms with Crippen molar-refractivity contribution in [2.75, 3.05) is 9.80 Å². The third-order valence-electron chi connectivity index (χ3n) is 14.0. The van der Waals surface area contributed by atoms with Gasteiger partial charge in [-0.25, -0.2) is 0 Å². The van der Waals surface area contributed by atoms with Crippen molar-refractivity contribution in [1.82, 2.24) is 0 Å². The zero-order valence-electron chi connectivity index (χ0n) is 35.5. The first-order valence-corrected chi connectivity index (χ1v) is 21.8. The van der Waals surface area contributed by atoms with Gasteiger partial charge in [-0.1, -0.05) is 161 Å². The summed E-state index contributed by atoms with van der Waals surface area (Å²) >= 11 is 0. The molecule has 0 aliphatic heterocycles. The lowest BCUT2D eigenvalue weighted by Crippen LogP contribution is -2.15. The maximum Gasteiger partial charge on any atom is 0.0468 e. The third kappa shape index (κ3) is 5.43. The minimum atomic E-state index is -0.0425. The largest absolute Gasteiger partial charge is 0.310 e. The maximum atomic E-state index is 2.41. The summed E-state index contributed by atoms with van der Waals surface area (Å²) in [6.45, 7) is 9.38. The molecule has 0 spiro atoms. The van der Waals surface area contributed by atoms with Crippen molar-refractivity contribution in [1.29, 1.82) is 0 Å². The normalized spacial score (nSPS) is 14.1. The van der Waals surface area contributed by atoms with Crippen LogP contribution >= 0.6 is 0 Å². The molecule has 0 unspecified atom stereocenters. The topological polar surface area (TPSA) is 6.48 Å². The summed E-state index contributed by atoms with van der Waals surface area (Å²) in [4.78, 5) is 4.82. The highest BCUT2D eigenvalue weighted by atomic mass is 15.1. The smallest absolute Gasteiger partial charge is 0.0468 e. The molecular formula is C60H46N2. The molecule has 0 amide bonds. The standard InChI is InChI=1S/C60H46N2/c1-59(2)55-21-13-11-19-50(55)53-37-45(28-33-57(53)59)61(41-15-7-5-8-16-41)43-27-32-47-40(35-43)25-31-49-48(47)30-24-39-23-26-44(36-52(39)49)62(42-17-9-6-10-18-42)46-29-34-58-54(38-46)51-20-12-14-22-56(51)60(58,3)4/h5-38H,1-4H3. The van der Waals surface area contributed by atoms with Crippen LogP contribution in [0.2, 0.25) is 0 Å². The SMILES string of the molecule is CC1(C)c2ccccc2-c2cc(N(c3ccccc3)c3ccc4c(ccc5c6cc(N(c7ccccc7)c7ccc8c(c7)-c7ccccc7C8(C)C)ccc6ccc45)c3)ccc21. The molecule has 12 rings (SSSR count).